The van der Waals surface area contributed by atoms with Gasteiger partial charge in [-0.05, 0) is 37.3 Å². The molecule has 1 aromatic carbocycles. The van der Waals surface area contributed by atoms with Gasteiger partial charge < -0.3 is 4.74 Å². The Morgan fingerprint density at radius 1 is 1.17 bits per heavy atom. The van der Waals surface area contributed by atoms with E-state index in [9.17, 15) is 14.4 Å². The summed E-state index contributed by atoms with van der Waals surface area (Å²) in [6, 6.07) is 9.46. The number of ether oxygens (including phenoxy) is 1. The quantitative estimate of drug-likeness (QED) is 0.687. The maximum absolute atomic E-state index is 12.7. The van der Waals surface area contributed by atoms with Gasteiger partial charge in [-0.1, -0.05) is 6.07 Å². The largest absolute Gasteiger partial charge is 0.497 e. The number of nitrogens with zero attached hydrogens (tertiary/aromatic N) is 1. The van der Waals surface area contributed by atoms with Crippen LogP contribution in [0.1, 0.15) is 9.75 Å². The zero-order chi connectivity index (χ0) is 17.3. The molecular weight excluding hydrogens is 328 g/mol. The number of imide groups is 2. The van der Waals surface area contributed by atoms with Crippen molar-refractivity contribution in [2.45, 2.75) is 6.92 Å². The van der Waals surface area contributed by atoms with Crippen LogP contribution in [0.2, 0.25) is 0 Å². The van der Waals surface area contributed by atoms with Gasteiger partial charge >= 0.3 is 6.03 Å². The van der Waals surface area contributed by atoms with Crippen molar-refractivity contribution in [1.29, 1.82) is 0 Å². The molecule has 0 atom stereocenters. The van der Waals surface area contributed by atoms with Crippen LogP contribution in [0.4, 0.5) is 10.5 Å². The van der Waals surface area contributed by atoms with Gasteiger partial charge in [-0.2, -0.15) is 0 Å². The van der Waals surface area contributed by atoms with Gasteiger partial charge in [-0.15, -0.1) is 11.3 Å². The zero-order valence-electron chi connectivity index (χ0n) is 13.0. The predicted molar refractivity (Wildman–Crippen MR) is 91.1 cm³/mol. The molecule has 0 saturated carbocycles. The average Bonchev–Trinajstić information content (AvgIpc) is 2.96. The van der Waals surface area contributed by atoms with Crippen molar-refractivity contribution >= 4 is 40.9 Å². The number of methoxy groups -OCH3 is 1. The number of amides is 4. The van der Waals surface area contributed by atoms with E-state index >= 15 is 0 Å². The van der Waals surface area contributed by atoms with Gasteiger partial charge in [0.15, 0.2) is 0 Å². The van der Waals surface area contributed by atoms with Crippen molar-refractivity contribution < 1.29 is 19.1 Å². The first-order valence-electron chi connectivity index (χ1n) is 7.11. The van der Waals surface area contributed by atoms with E-state index in [1.165, 1.54) is 24.5 Å². The summed E-state index contributed by atoms with van der Waals surface area (Å²) in [6.07, 6.45) is 1.49. The van der Waals surface area contributed by atoms with Crippen molar-refractivity contribution in [3.05, 3.63) is 51.7 Å². The molecule has 0 bridgehead atoms. The van der Waals surface area contributed by atoms with Gasteiger partial charge in [0, 0.05) is 15.8 Å². The van der Waals surface area contributed by atoms with Crippen LogP contribution in [0.5, 0.6) is 5.75 Å². The summed E-state index contributed by atoms with van der Waals surface area (Å²) in [7, 11) is 1.49. The van der Waals surface area contributed by atoms with Crippen LogP contribution in [0, 0.1) is 6.92 Å². The van der Waals surface area contributed by atoms with Crippen LogP contribution in [-0.2, 0) is 9.59 Å². The molecule has 7 heteroatoms. The third-order valence-corrected chi connectivity index (χ3v) is 4.41. The van der Waals surface area contributed by atoms with Gasteiger partial charge in [0.25, 0.3) is 11.8 Å². The third-order valence-electron chi connectivity index (χ3n) is 3.46. The molecule has 0 aliphatic carbocycles. The number of carbonyl (C=O) groups is 3. The molecule has 122 valence electrons. The van der Waals surface area contributed by atoms with E-state index in [1.54, 1.807) is 24.3 Å². The Morgan fingerprint density at radius 2 is 1.96 bits per heavy atom. The lowest BCUT2D eigenvalue weighted by atomic mass is 10.1. The van der Waals surface area contributed by atoms with Crippen molar-refractivity contribution in [3.8, 4) is 5.75 Å². The van der Waals surface area contributed by atoms with Crippen LogP contribution < -0.4 is 15.0 Å². The van der Waals surface area contributed by atoms with E-state index in [2.05, 4.69) is 5.32 Å². The minimum Gasteiger partial charge on any atom is -0.497 e. The number of barbiturate groups is 1. The number of benzene rings is 1. The molecule has 0 radical (unpaired) electrons. The molecule has 1 aliphatic heterocycles. The summed E-state index contributed by atoms with van der Waals surface area (Å²) in [4.78, 5) is 39.6. The number of urea groups is 1. The Labute approximate surface area is 142 Å². The lowest BCUT2D eigenvalue weighted by Gasteiger charge is -2.26. The molecular formula is C17H14N2O4S. The summed E-state index contributed by atoms with van der Waals surface area (Å²) in [5.74, 6) is -0.859. The summed E-state index contributed by atoms with van der Waals surface area (Å²) in [5, 5.41) is 2.20. The predicted octanol–water partition coefficient (Wildman–Crippen LogP) is 2.73. The molecule has 2 aromatic rings. The highest BCUT2D eigenvalue weighted by Gasteiger charge is 2.37. The summed E-state index contributed by atoms with van der Waals surface area (Å²) in [6.45, 7) is 1.93. The normalized spacial score (nSPS) is 16.5. The van der Waals surface area contributed by atoms with E-state index < -0.39 is 17.8 Å². The molecule has 4 amide bonds. The van der Waals surface area contributed by atoms with E-state index in [0.717, 1.165) is 14.7 Å². The topological polar surface area (TPSA) is 75.7 Å². The first-order chi connectivity index (χ1) is 11.5. The minimum absolute atomic E-state index is 0.0840. The van der Waals surface area contributed by atoms with Crippen LogP contribution in [-0.4, -0.2) is 25.0 Å². The highest BCUT2D eigenvalue weighted by Crippen LogP contribution is 2.26. The van der Waals surface area contributed by atoms with Gasteiger partial charge in [-0.25, -0.2) is 9.69 Å². The van der Waals surface area contributed by atoms with E-state index in [1.807, 2.05) is 19.1 Å². The molecule has 1 saturated heterocycles. The zero-order valence-corrected chi connectivity index (χ0v) is 13.8. The fraction of sp³-hybridized carbons (Fsp3) is 0.118. The molecule has 0 unspecified atom stereocenters. The van der Waals surface area contributed by atoms with Crippen molar-refractivity contribution in [1.82, 2.24) is 5.32 Å². The van der Waals surface area contributed by atoms with E-state index in [0.29, 0.717) is 11.4 Å². The molecule has 24 heavy (non-hydrogen) atoms. The molecule has 6 nitrogen and oxygen atoms in total. The Morgan fingerprint density at radius 3 is 2.62 bits per heavy atom. The molecule has 1 aliphatic rings. The molecule has 1 aromatic heterocycles. The number of aryl methyl sites for hydroxylation is 1. The number of nitrogens with one attached hydrogen (secondary N) is 1. The Bertz CT molecular complexity index is 869. The molecule has 3 rings (SSSR count). The second-order valence-corrected chi connectivity index (χ2v) is 6.43. The van der Waals surface area contributed by atoms with Crippen molar-refractivity contribution in [3.63, 3.8) is 0 Å². The molecule has 2 heterocycles. The van der Waals surface area contributed by atoms with E-state index in [4.69, 9.17) is 4.74 Å². The SMILES string of the molecule is COc1cccc(N2C(=O)NC(=O)C(=Cc3ccc(C)s3)C2=O)c1. The Kier molecular flexibility index (Phi) is 4.18. The molecule has 1 fully saturated rings. The van der Waals surface area contributed by atoms with Crippen LogP contribution in [0.15, 0.2) is 42.0 Å². The van der Waals surface area contributed by atoms with Crippen molar-refractivity contribution in [2.75, 3.05) is 12.0 Å². The standard InChI is InChI=1S/C17H14N2O4S/c1-10-6-7-13(24-10)9-14-15(20)18-17(22)19(16(14)21)11-4-3-5-12(8-11)23-2/h3-9H,1-2H3,(H,18,20,22). The van der Waals surface area contributed by atoms with E-state index in [-0.39, 0.29) is 5.57 Å². The average molecular weight is 342 g/mol. The van der Waals surface area contributed by atoms with Gasteiger partial charge in [0.1, 0.15) is 11.3 Å². The summed E-state index contributed by atoms with van der Waals surface area (Å²) in [5.41, 5.74) is 0.247. The lowest BCUT2D eigenvalue weighted by molar-refractivity contribution is -0.122. The maximum atomic E-state index is 12.7. The fourth-order valence-corrected chi connectivity index (χ4v) is 3.14. The second-order valence-electron chi connectivity index (χ2n) is 5.11. The Hall–Kier alpha value is -2.93. The third kappa shape index (κ3) is 2.93. The van der Waals surface area contributed by atoms with Crippen LogP contribution in [0.3, 0.4) is 0 Å². The highest BCUT2D eigenvalue weighted by molar-refractivity contribution is 7.12. The second kappa shape index (κ2) is 6.29. The summed E-state index contributed by atoms with van der Waals surface area (Å²) < 4.78 is 5.11. The smallest absolute Gasteiger partial charge is 0.335 e. The van der Waals surface area contributed by atoms with Gasteiger partial charge in [0.05, 0.1) is 12.8 Å². The number of rotatable bonds is 3. The number of hydrogen-bond donors (Lipinski definition) is 1. The maximum Gasteiger partial charge on any atom is 0.335 e. The first kappa shape index (κ1) is 15.9. The number of hydrogen-bond acceptors (Lipinski definition) is 5. The van der Waals surface area contributed by atoms with Crippen molar-refractivity contribution in [2.24, 2.45) is 0 Å². The minimum atomic E-state index is -0.780. The monoisotopic (exact) mass is 342 g/mol. The highest BCUT2D eigenvalue weighted by atomic mass is 32.1. The van der Waals surface area contributed by atoms with Crippen LogP contribution >= 0.6 is 11.3 Å². The lowest BCUT2D eigenvalue weighted by Crippen LogP contribution is -2.54. The number of carbonyl (C=O) groups excluding carboxylic acids is 3. The summed E-state index contributed by atoms with van der Waals surface area (Å²) >= 11 is 1.46. The van der Waals surface area contributed by atoms with Crippen LogP contribution in [0.25, 0.3) is 6.08 Å². The van der Waals surface area contributed by atoms with Gasteiger partial charge in [0.2, 0.25) is 0 Å². The Balaban J connectivity index is 2.01. The first-order valence-corrected chi connectivity index (χ1v) is 7.93. The fourth-order valence-electron chi connectivity index (χ4n) is 2.31. The number of thiophene rings is 1. The molecule has 0 spiro atoms. The number of anilines is 1. The molecule has 1 N–H and O–H groups in total. The van der Waals surface area contributed by atoms with Gasteiger partial charge in [-0.3, -0.25) is 14.9 Å².